The van der Waals surface area contributed by atoms with Crippen LogP contribution in [0.25, 0.3) is 0 Å². The molecule has 1 saturated heterocycles. The van der Waals surface area contributed by atoms with E-state index < -0.39 is 0 Å². The van der Waals surface area contributed by atoms with Crippen LogP contribution in [-0.2, 0) is 0 Å². The van der Waals surface area contributed by atoms with Crippen molar-refractivity contribution in [2.24, 2.45) is 0 Å². The Morgan fingerprint density at radius 1 is 1.41 bits per heavy atom. The number of rotatable bonds is 3. The molecule has 3 heteroatoms. The molecule has 3 nitrogen and oxygen atoms in total. The summed E-state index contributed by atoms with van der Waals surface area (Å²) in [5, 5.41) is 3.35. The van der Waals surface area contributed by atoms with Crippen molar-refractivity contribution in [2.45, 2.75) is 32.7 Å². The molecule has 1 N–H and O–H groups in total. The Morgan fingerprint density at radius 2 is 2.12 bits per heavy atom. The Balaban J connectivity index is 2.21. The summed E-state index contributed by atoms with van der Waals surface area (Å²) >= 11 is 0. The van der Waals surface area contributed by atoms with Gasteiger partial charge in [-0.05, 0) is 58.0 Å². The minimum atomic E-state index is 0.119. The topological polar surface area (TPSA) is 34.0 Å². The highest BCUT2D eigenvalue weighted by Crippen LogP contribution is 2.21. The number of hydrogen-bond donors (Lipinski definition) is 1. The summed E-state index contributed by atoms with van der Waals surface area (Å²) in [7, 11) is 0. The quantitative estimate of drug-likeness (QED) is 0.642. The van der Waals surface area contributed by atoms with Crippen LogP contribution in [0.3, 0.4) is 0 Å². The van der Waals surface area contributed by atoms with Crippen LogP contribution in [0, 0.1) is 0 Å². The number of hydrogen-bond acceptors (Lipinski definition) is 2. The summed E-state index contributed by atoms with van der Waals surface area (Å²) in [6.07, 6.45) is 5.95. The van der Waals surface area contributed by atoms with E-state index in [2.05, 4.69) is 9.88 Å². The molecule has 1 aromatic rings. The van der Waals surface area contributed by atoms with Gasteiger partial charge in [0.1, 0.15) is 0 Å². The summed E-state index contributed by atoms with van der Waals surface area (Å²) in [4.78, 5) is 12.1. The van der Waals surface area contributed by atoms with E-state index >= 15 is 0 Å². The molecule has 0 saturated carbocycles. The Hall–Kier alpha value is -1.35. The lowest BCUT2D eigenvalue weighted by Gasteiger charge is -2.25. The van der Waals surface area contributed by atoms with Crippen molar-refractivity contribution in [1.29, 1.82) is 0 Å². The number of allylic oxidation sites excluding steroid dienone is 2. The summed E-state index contributed by atoms with van der Waals surface area (Å²) in [5.41, 5.74) is 1.87. The third-order valence-electron chi connectivity index (χ3n) is 3.15. The highest BCUT2D eigenvalue weighted by atomic mass is 16.1. The zero-order valence-electron chi connectivity index (χ0n) is 10.6. The zero-order valence-corrected chi connectivity index (χ0v) is 10.6. The number of ketones is 1. The third kappa shape index (κ3) is 2.86. The Bertz CT molecular complexity index is 421. The van der Waals surface area contributed by atoms with Gasteiger partial charge in [-0.15, -0.1) is 0 Å². The Kier molecular flexibility index (Phi) is 3.79. The second kappa shape index (κ2) is 5.32. The smallest absolute Gasteiger partial charge is 0.202 e. The second-order valence-corrected chi connectivity index (χ2v) is 4.87. The van der Waals surface area contributed by atoms with Crippen molar-refractivity contribution in [3.8, 4) is 0 Å². The summed E-state index contributed by atoms with van der Waals surface area (Å²) in [6, 6.07) is 4.36. The number of aromatic nitrogens is 1. The minimum absolute atomic E-state index is 0.119. The molecule has 1 aliphatic heterocycles. The summed E-state index contributed by atoms with van der Waals surface area (Å²) in [5.74, 6) is 0.119. The maximum atomic E-state index is 12.1. The lowest BCUT2D eigenvalue weighted by Crippen LogP contribution is -2.30. The van der Waals surface area contributed by atoms with Gasteiger partial charge in [-0.2, -0.15) is 0 Å². The van der Waals surface area contributed by atoms with Gasteiger partial charge in [0.2, 0.25) is 5.78 Å². The number of piperidine rings is 1. The highest BCUT2D eigenvalue weighted by molar-refractivity contribution is 6.03. The van der Waals surface area contributed by atoms with E-state index in [0.717, 1.165) is 37.2 Å². The second-order valence-electron chi connectivity index (χ2n) is 4.87. The molecule has 1 fully saturated rings. The average Bonchev–Trinajstić information content (AvgIpc) is 2.78. The molecule has 0 unspecified atom stereocenters. The van der Waals surface area contributed by atoms with E-state index in [1.165, 1.54) is 0 Å². The maximum Gasteiger partial charge on any atom is 0.202 e. The highest BCUT2D eigenvalue weighted by Gasteiger charge is 2.18. The first-order valence-corrected chi connectivity index (χ1v) is 6.25. The normalized spacial score (nSPS) is 16.8. The van der Waals surface area contributed by atoms with Crippen LogP contribution in [0.15, 0.2) is 30.0 Å². The molecule has 0 atom stereocenters. The van der Waals surface area contributed by atoms with Crippen LogP contribution in [-0.4, -0.2) is 23.4 Å². The fraction of sp³-hybridized carbons (Fsp3) is 0.500. The molecular formula is C14H20N2O. The molecule has 1 aromatic heterocycles. The number of carbonyl (C=O) groups is 1. The molecule has 0 aromatic carbocycles. The summed E-state index contributed by atoms with van der Waals surface area (Å²) < 4.78 is 2.14. The molecule has 0 amide bonds. The van der Waals surface area contributed by atoms with Gasteiger partial charge in [0, 0.05) is 12.2 Å². The van der Waals surface area contributed by atoms with E-state index in [-0.39, 0.29) is 5.78 Å². The molecule has 0 radical (unpaired) electrons. The molecule has 2 rings (SSSR count). The number of nitrogens with one attached hydrogen (secondary N) is 1. The predicted molar refractivity (Wildman–Crippen MR) is 69.3 cm³/mol. The van der Waals surface area contributed by atoms with E-state index in [0.29, 0.717) is 6.04 Å². The third-order valence-corrected chi connectivity index (χ3v) is 3.15. The predicted octanol–water partition coefficient (Wildman–Crippen LogP) is 2.56. The minimum Gasteiger partial charge on any atom is -0.342 e. The van der Waals surface area contributed by atoms with Gasteiger partial charge in [-0.3, -0.25) is 4.79 Å². The average molecular weight is 232 g/mol. The number of nitrogens with zero attached hydrogens (tertiary/aromatic N) is 1. The van der Waals surface area contributed by atoms with Crippen LogP contribution < -0.4 is 5.32 Å². The van der Waals surface area contributed by atoms with Crippen LogP contribution in [0.1, 0.15) is 43.2 Å². The fourth-order valence-corrected chi connectivity index (χ4v) is 2.34. The lowest BCUT2D eigenvalue weighted by atomic mass is 10.1. The molecule has 1 aliphatic rings. The number of carbonyl (C=O) groups excluding carboxylic acids is 1. The van der Waals surface area contributed by atoms with Gasteiger partial charge >= 0.3 is 0 Å². The SMILES string of the molecule is CC(C)=CC(=O)c1cccn1C1CCNCC1. The van der Waals surface area contributed by atoms with Crippen molar-refractivity contribution >= 4 is 5.78 Å². The molecular weight excluding hydrogens is 212 g/mol. The van der Waals surface area contributed by atoms with Crippen molar-refractivity contribution in [3.63, 3.8) is 0 Å². The van der Waals surface area contributed by atoms with Gasteiger partial charge < -0.3 is 9.88 Å². The fourth-order valence-electron chi connectivity index (χ4n) is 2.34. The maximum absolute atomic E-state index is 12.1. The van der Waals surface area contributed by atoms with Gasteiger partial charge in [0.25, 0.3) is 0 Å². The first-order valence-electron chi connectivity index (χ1n) is 6.25. The molecule has 17 heavy (non-hydrogen) atoms. The van der Waals surface area contributed by atoms with Crippen molar-refractivity contribution in [2.75, 3.05) is 13.1 Å². The lowest BCUT2D eigenvalue weighted by molar-refractivity contribution is 0.103. The van der Waals surface area contributed by atoms with Crippen molar-refractivity contribution in [1.82, 2.24) is 9.88 Å². The van der Waals surface area contributed by atoms with E-state index in [1.54, 1.807) is 6.08 Å². The molecule has 0 aliphatic carbocycles. The van der Waals surface area contributed by atoms with Gasteiger partial charge in [0.15, 0.2) is 0 Å². The molecule has 0 bridgehead atoms. The Labute approximate surface area is 103 Å². The van der Waals surface area contributed by atoms with E-state index in [1.807, 2.05) is 32.2 Å². The van der Waals surface area contributed by atoms with Crippen molar-refractivity contribution < 1.29 is 4.79 Å². The van der Waals surface area contributed by atoms with E-state index in [4.69, 9.17) is 0 Å². The first-order chi connectivity index (χ1) is 8.18. The van der Waals surface area contributed by atoms with Crippen molar-refractivity contribution in [3.05, 3.63) is 35.7 Å². The standard InChI is InChI=1S/C14H20N2O/c1-11(2)10-14(17)13-4-3-9-16(13)12-5-7-15-8-6-12/h3-4,9-10,12,15H,5-8H2,1-2H3. The monoisotopic (exact) mass is 232 g/mol. The Morgan fingerprint density at radius 3 is 2.76 bits per heavy atom. The van der Waals surface area contributed by atoms with Crippen LogP contribution in [0.2, 0.25) is 0 Å². The molecule has 0 spiro atoms. The van der Waals surface area contributed by atoms with Crippen LogP contribution in [0.4, 0.5) is 0 Å². The van der Waals surface area contributed by atoms with Crippen LogP contribution in [0.5, 0.6) is 0 Å². The van der Waals surface area contributed by atoms with Gasteiger partial charge in [0.05, 0.1) is 5.69 Å². The largest absolute Gasteiger partial charge is 0.342 e. The summed E-state index contributed by atoms with van der Waals surface area (Å²) in [6.45, 7) is 5.99. The zero-order chi connectivity index (χ0) is 12.3. The molecule has 92 valence electrons. The van der Waals surface area contributed by atoms with Gasteiger partial charge in [-0.1, -0.05) is 5.57 Å². The van der Waals surface area contributed by atoms with Crippen LogP contribution >= 0.6 is 0 Å². The molecule has 2 heterocycles. The van der Waals surface area contributed by atoms with E-state index in [9.17, 15) is 4.79 Å². The first kappa shape index (κ1) is 12.1. The van der Waals surface area contributed by atoms with Gasteiger partial charge in [-0.25, -0.2) is 0 Å².